The first-order valence-electron chi connectivity index (χ1n) is 4.57. The van der Waals surface area contributed by atoms with E-state index in [1.807, 2.05) is 13.0 Å². The van der Waals surface area contributed by atoms with Crippen molar-refractivity contribution in [2.75, 3.05) is 0 Å². The van der Waals surface area contributed by atoms with Gasteiger partial charge in [-0.25, -0.2) is 0 Å². The summed E-state index contributed by atoms with van der Waals surface area (Å²) in [6, 6.07) is 8.44. The van der Waals surface area contributed by atoms with Crippen LogP contribution in [0.25, 0.3) is 0 Å². The van der Waals surface area contributed by atoms with Gasteiger partial charge in [-0.15, -0.1) is 11.6 Å². The van der Waals surface area contributed by atoms with Crippen LogP contribution in [0.15, 0.2) is 28.7 Å². The van der Waals surface area contributed by atoms with Gasteiger partial charge in [0, 0.05) is 9.85 Å². The zero-order valence-corrected chi connectivity index (χ0v) is 10.1. The predicted octanol–water partition coefficient (Wildman–Crippen LogP) is 4.40. The maximum absolute atomic E-state index is 5.87. The Morgan fingerprint density at radius 3 is 2.85 bits per heavy atom. The van der Waals surface area contributed by atoms with Crippen molar-refractivity contribution in [3.8, 4) is 0 Å². The van der Waals surface area contributed by atoms with Crippen molar-refractivity contribution in [2.24, 2.45) is 0 Å². The maximum atomic E-state index is 5.87. The topological polar surface area (TPSA) is 0 Å². The summed E-state index contributed by atoms with van der Waals surface area (Å²) in [6.07, 6.45) is 3.38. The highest BCUT2D eigenvalue weighted by Gasteiger charge is 1.97. The lowest BCUT2D eigenvalue weighted by molar-refractivity contribution is 0.723. The molecule has 0 heterocycles. The average molecular weight is 262 g/mol. The lowest BCUT2D eigenvalue weighted by Crippen LogP contribution is -1.92. The Bertz CT molecular complexity index is 258. The highest BCUT2D eigenvalue weighted by Crippen LogP contribution is 2.14. The summed E-state index contributed by atoms with van der Waals surface area (Å²) < 4.78 is 1.16. The second kappa shape index (κ2) is 5.66. The van der Waals surface area contributed by atoms with Gasteiger partial charge in [0.1, 0.15) is 0 Å². The molecule has 1 aromatic carbocycles. The average Bonchev–Trinajstić information content (AvgIpc) is 2.03. The van der Waals surface area contributed by atoms with Crippen LogP contribution in [-0.4, -0.2) is 5.38 Å². The summed E-state index contributed by atoms with van der Waals surface area (Å²) in [5, 5.41) is 0.298. The van der Waals surface area contributed by atoms with Gasteiger partial charge in [-0.2, -0.15) is 0 Å². The van der Waals surface area contributed by atoms with E-state index < -0.39 is 0 Å². The fourth-order valence-corrected chi connectivity index (χ4v) is 1.88. The van der Waals surface area contributed by atoms with Crippen LogP contribution in [0, 0.1) is 0 Å². The van der Waals surface area contributed by atoms with Gasteiger partial charge >= 0.3 is 0 Å². The van der Waals surface area contributed by atoms with Crippen molar-refractivity contribution in [1.82, 2.24) is 0 Å². The van der Waals surface area contributed by atoms with Gasteiger partial charge in [0.2, 0.25) is 0 Å². The molecule has 0 spiro atoms. The van der Waals surface area contributed by atoms with Gasteiger partial charge in [0.15, 0.2) is 0 Å². The molecule has 0 aliphatic heterocycles. The van der Waals surface area contributed by atoms with Crippen LogP contribution >= 0.6 is 27.5 Å². The Balaban J connectivity index is 2.37. The number of rotatable bonds is 4. The third-order valence-corrected chi connectivity index (χ3v) is 2.67. The highest BCUT2D eigenvalue weighted by molar-refractivity contribution is 9.10. The number of hydrogen-bond donors (Lipinski definition) is 0. The van der Waals surface area contributed by atoms with E-state index >= 15 is 0 Å². The first-order chi connectivity index (χ1) is 6.18. The van der Waals surface area contributed by atoms with E-state index in [9.17, 15) is 0 Å². The summed E-state index contributed by atoms with van der Waals surface area (Å²) in [6.45, 7) is 2.04. The van der Waals surface area contributed by atoms with Crippen molar-refractivity contribution >= 4 is 27.5 Å². The molecule has 0 aliphatic rings. The van der Waals surface area contributed by atoms with Crippen LogP contribution in [0.3, 0.4) is 0 Å². The highest BCUT2D eigenvalue weighted by atomic mass is 79.9. The van der Waals surface area contributed by atoms with Crippen molar-refractivity contribution in [3.05, 3.63) is 34.3 Å². The Hall–Kier alpha value is -0.0100. The van der Waals surface area contributed by atoms with Crippen molar-refractivity contribution < 1.29 is 0 Å². The molecular formula is C11H14BrCl. The fourth-order valence-electron chi connectivity index (χ4n) is 1.28. The molecule has 0 radical (unpaired) electrons. The number of aryl methyl sites for hydroxylation is 1. The number of hydrogen-bond acceptors (Lipinski definition) is 0. The van der Waals surface area contributed by atoms with E-state index in [-0.39, 0.29) is 0 Å². The molecule has 0 amide bonds. The van der Waals surface area contributed by atoms with E-state index in [0.717, 1.165) is 17.3 Å². The van der Waals surface area contributed by atoms with Crippen LogP contribution < -0.4 is 0 Å². The molecular weight excluding hydrogens is 247 g/mol. The van der Waals surface area contributed by atoms with Crippen LogP contribution in [-0.2, 0) is 6.42 Å². The zero-order chi connectivity index (χ0) is 9.68. The molecule has 0 nitrogen and oxygen atoms in total. The number of benzene rings is 1. The molecule has 0 saturated heterocycles. The molecule has 13 heavy (non-hydrogen) atoms. The smallest absolute Gasteiger partial charge is 0.0308 e. The third-order valence-electron chi connectivity index (χ3n) is 1.96. The van der Waals surface area contributed by atoms with Gasteiger partial charge in [-0.3, -0.25) is 0 Å². The molecule has 1 aromatic rings. The summed E-state index contributed by atoms with van der Waals surface area (Å²) in [7, 11) is 0. The molecule has 1 atom stereocenters. The molecule has 1 rings (SSSR count). The molecule has 0 saturated carbocycles. The Labute approximate surface area is 93.4 Å². The predicted molar refractivity (Wildman–Crippen MR) is 62.4 cm³/mol. The van der Waals surface area contributed by atoms with Crippen molar-refractivity contribution in [1.29, 1.82) is 0 Å². The Morgan fingerprint density at radius 2 is 2.23 bits per heavy atom. The van der Waals surface area contributed by atoms with Crippen molar-refractivity contribution in [2.45, 2.75) is 31.6 Å². The minimum absolute atomic E-state index is 0.298. The lowest BCUT2D eigenvalue weighted by Gasteiger charge is -2.03. The van der Waals surface area contributed by atoms with Crippen molar-refractivity contribution in [3.63, 3.8) is 0 Å². The minimum Gasteiger partial charge on any atom is -0.123 e. The molecule has 0 fully saturated rings. The molecule has 72 valence electrons. The monoisotopic (exact) mass is 260 g/mol. The molecule has 0 N–H and O–H groups in total. The van der Waals surface area contributed by atoms with E-state index in [4.69, 9.17) is 11.6 Å². The maximum Gasteiger partial charge on any atom is 0.0308 e. The first kappa shape index (κ1) is 11.1. The largest absolute Gasteiger partial charge is 0.123 e. The Kier molecular flexibility index (Phi) is 4.82. The molecule has 0 aromatic heterocycles. The summed E-state index contributed by atoms with van der Waals surface area (Å²) in [4.78, 5) is 0. The van der Waals surface area contributed by atoms with Gasteiger partial charge in [0.25, 0.3) is 0 Å². The van der Waals surface area contributed by atoms with Crippen LogP contribution in [0.5, 0.6) is 0 Å². The molecule has 2 heteroatoms. The van der Waals surface area contributed by atoms with E-state index in [0.29, 0.717) is 5.38 Å². The van der Waals surface area contributed by atoms with Gasteiger partial charge < -0.3 is 0 Å². The van der Waals surface area contributed by atoms with Gasteiger partial charge in [0.05, 0.1) is 0 Å². The van der Waals surface area contributed by atoms with Crippen LogP contribution in [0.1, 0.15) is 25.3 Å². The minimum atomic E-state index is 0.298. The normalized spacial score (nSPS) is 12.8. The first-order valence-corrected chi connectivity index (χ1v) is 5.80. The number of alkyl halides is 1. The van der Waals surface area contributed by atoms with E-state index in [2.05, 4.69) is 34.1 Å². The molecule has 0 aliphatic carbocycles. The van der Waals surface area contributed by atoms with E-state index in [1.54, 1.807) is 0 Å². The third kappa shape index (κ3) is 4.68. The molecule has 1 unspecified atom stereocenters. The second-order valence-corrected chi connectivity index (χ2v) is 4.96. The SMILES string of the molecule is CC(Cl)CCCc1cccc(Br)c1. The summed E-state index contributed by atoms with van der Waals surface area (Å²) >= 11 is 9.32. The summed E-state index contributed by atoms with van der Waals surface area (Å²) in [5.41, 5.74) is 1.38. The zero-order valence-electron chi connectivity index (χ0n) is 7.76. The Morgan fingerprint density at radius 1 is 1.46 bits per heavy atom. The fraction of sp³-hybridized carbons (Fsp3) is 0.455. The lowest BCUT2D eigenvalue weighted by atomic mass is 10.1. The van der Waals surface area contributed by atoms with Gasteiger partial charge in [-0.05, 0) is 43.9 Å². The molecule has 0 bridgehead atoms. The second-order valence-electron chi connectivity index (χ2n) is 3.30. The van der Waals surface area contributed by atoms with Crippen LogP contribution in [0.4, 0.5) is 0 Å². The number of halogens is 2. The van der Waals surface area contributed by atoms with E-state index in [1.165, 1.54) is 12.0 Å². The standard InChI is InChI=1S/C11H14BrCl/c1-9(13)4-2-5-10-6-3-7-11(12)8-10/h3,6-9H,2,4-5H2,1H3. The van der Waals surface area contributed by atoms with Crippen LogP contribution in [0.2, 0.25) is 0 Å². The van der Waals surface area contributed by atoms with Gasteiger partial charge in [-0.1, -0.05) is 28.1 Å². The quantitative estimate of drug-likeness (QED) is 0.705. The summed E-state index contributed by atoms with van der Waals surface area (Å²) in [5.74, 6) is 0.